The van der Waals surface area contributed by atoms with Crippen molar-refractivity contribution in [3.63, 3.8) is 0 Å². The molecule has 168 valence electrons. The maximum absolute atomic E-state index is 14.4. The van der Waals surface area contributed by atoms with Crippen molar-refractivity contribution >= 4 is 11.8 Å². The van der Waals surface area contributed by atoms with Gasteiger partial charge in [-0.3, -0.25) is 9.59 Å². The number of halogens is 2. The fourth-order valence-electron chi connectivity index (χ4n) is 4.56. The first-order valence-corrected chi connectivity index (χ1v) is 10.7. The summed E-state index contributed by atoms with van der Waals surface area (Å²) in [5.74, 6) is -2.12. The molecule has 0 unspecified atom stereocenters. The first kappa shape index (κ1) is 21.2. The van der Waals surface area contributed by atoms with Crippen molar-refractivity contribution in [2.75, 3.05) is 0 Å². The molecule has 2 amide bonds. The zero-order chi connectivity index (χ0) is 23.3. The summed E-state index contributed by atoms with van der Waals surface area (Å²) in [5.41, 5.74) is 2.39. The number of hydrogen-bond acceptors (Lipinski definition) is 4. The van der Waals surface area contributed by atoms with Crippen LogP contribution in [-0.4, -0.2) is 27.3 Å². The fourth-order valence-corrected chi connectivity index (χ4v) is 4.56. The average Bonchev–Trinajstić information content (AvgIpc) is 3.26. The molecule has 0 radical (unpaired) electrons. The summed E-state index contributed by atoms with van der Waals surface area (Å²) in [7, 11) is 0. The van der Waals surface area contributed by atoms with Crippen molar-refractivity contribution < 1.29 is 18.4 Å². The molecular weight excluding hydrogens is 426 g/mol. The monoisotopic (exact) mass is 448 g/mol. The Morgan fingerprint density at radius 3 is 2.33 bits per heavy atom. The van der Waals surface area contributed by atoms with Crippen molar-refractivity contribution in [2.24, 2.45) is 0 Å². The van der Waals surface area contributed by atoms with Gasteiger partial charge in [-0.2, -0.15) is 0 Å². The second-order valence-corrected chi connectivity index (χ2v) is 9.14. The van der Waals surface area contributed by atoms with Crippen LogP contribution in [0.1, 0.15) is 59.1 Å². The quantitative estimate of drug-likeness (QED) is 0.638. The number of carbonyl (C=O) groups is 2. The molecule has 0 saturated carbocycles. The molecule has 3 aromatic rings. The van der Waals surface area contributed by atoms with E-state index in [1.54, 1.807) is 0 Å². The Morgan fingerprint density at radius 1 is 1.00 bits per heavy atom. The first-order chi connectivity index (χ1) is 15.7. The van der Waals surface area contributed by atoms with Crippen LogP contribution in [0.5, 0.6) is 0 Å². The predicted octanol–water partition coefficient (Wildman–Crippen LogP) is 3.64. The van der Waals surface area contributed by atoms with Gasteiger partial charge >= 0.3 is 0 Å². The highest BCUT2D eigenvalue weighted by molar-refractivity contribution is 5.99. The van der Waals surface area contributed by atoms with Gasteiger partial charge in [0.25, 0.3) is 5.91 Å². The normalized spacial score (nSPS) is 18.7. The number of fused-ring (bicyclic) bond motifs is 1. The van der Waals surface area contributed by atoms with E-state index in [0.29, 0.717) is 23.4 Å². The molecule has 0 bridgehead atoms. The summed E-state index contributed by atoms with van der Waals surface area (Å²) < 4.78 is 28.7. The molecular formula is C25H22F2N4O2. The van der Waals surface area contributed by atoms with Gasteiger partial charge in [0.05, 0.1) is 35.0 Å². The Labute approximate surface area is 189 Å². The van der Waals surface area contributed by atoms with E-state index < -0.39 is 11.6 Å². The Hall–Kier alpha value is -3.68. The van der Waals surface area contributed by atoms with Gasteiger partial charge in [0.2, 0.25) is 5.91 Å². The van der Waals surface area contributed by atoms with E-state index in [1.807, 2.05) is 38.1 Å². The summed E-state index contributed by atoms with van der Waals surface area (Å²) >= 11 is 0. The number of rotatable bonds is 4. The lowest BCUT2D eigenvalue weighted by atomic mass is 9.90. The van der Waals surface area contributed by atoms with Crippen LogP contribution in [0.15, 0.2) is 42.5 Å². The highest BCUT2D eigenvalue weighted by atomic mass is 19.1. The van der Waals surface area contributed by atoms with Gasteiger partial charge < -0.3 is 10.6 Å². The van der Waals surface area contributed by atoms with Gasteiger partial charge in [-0.25, -0.2) is 18.7 Å². The van der Waals surface area contributed by atoms with Crippen LogP contribution in [0.2, 0.25) is 0 Å². The van der Waals surface area contributed by atoms with Crippen LogP contribution < -0.4 is 10.6 Å². The Balaban J connectivity index is 1.49. The van der Waals surface area contributed by atoms with Gasteiger partial charge in [0.15, 0.2) is 5.82 Å². The molecule has 0 spiro atoms. The van der Waals surface area contributed by atoms with Gasteiger partial charge in [-0.05, 0) is 43.5 Å². The zero-order valence-corrected chi connectivity index (χ0v) is 18.2. The van der Waals surface area contributed by atoms with Crippen molar-refractivity contribution in [3.8, 4) is 11.4 Å². The molecule has 3 heterocycles. The Kier molecular flexibility index (Phi) is 4.96. The molecule has 1 atom stereocenters. The van der Waals surface area contributed by atoms with Crippen LogP contribution in [0.3, 0.4) is 0 Å². The molecule has 2 N–H and O–H groups in total. The fraction of sp³-hybridized carbons (Fsp3) is 0.280. The second kappa shape index (κ2) is 7.72. The molecule has 1 saturated heterocycles. The highest BCUT2D eigenvalue weighted by Gasteiger charge is 2.38. The van der Waals surface area contributed by atoms with Crippen LogP contribution in [-0.2, 0) is 17.8 Å². The van der Waals surface area contributed by atoms with E-state index in [2.05, 4.69) is 20.6 Å². The third-order valence-corrected chi connectivity index (χ3v) is 6.13. The average molecular weight is 448 g/mol. The van der Waals surface area contributed by atoms with Crippen LogP contribution in [0.25, 0.3) is 11.4 Å². The number of nitrogens with one attached hydrogen (secondary N) is 2. The third-order valence-electron chi connectivity index (χ3n) is 6.13. The minimum absolute atomic E-state index is 0.00889. The van der Waals surface area contributed by atoms with E-state index in [0.717, 1.165) is 23.3 Å². The molecule has 1 aromatic heterocycles. The lowest BCUT2D eigenvalue weighted by Gasteiger charge is -2.16. The van der Waals surface area contributed by atoms with Crippen molar-refractivity contribution in [2.45, 2.75) is 44.7 Å². The predicted molar refractivity (Wildman–Crippen MR) is 117 cm³/mol. The summed E-state index contributed by atoms with van der Waals surface area (Å²) in [5, 5.41) is 5.70. The molecule has 5 rings (SSSR count). The zero-order valence-electron chi connectivity index (χ0n) is 18.2. The standard InChI is InChI=1S/C25H22F2N4O2/c1-25(2)11-15(23(32)31-25)14-8-6-13(7-9-14)10-18-21-19(12-28-24(21)33)30-22(29-18)20-16(26)4-3-5-17(20)27/h3-9,15H,10-12H2,1-2H3,(H,28,33)(H,31,32)/t15-/m1/s1. The minimum atomic E-state index is -0.764. The van der Waals surface area contributed by atoms with E-state index in [9.17, 15) is 18.4 Å². The molecule has 1 fully saturated rings. The van der Waals surface area contributed by atoms with Gasteiger partial charge in [0.1, 0.15) is 11.6 Å². The summed E-state index contributed by atoms with van der Waals surface area (Å²) in [4.78, 5) is 33.4. The molecule has 2 aromatic carbocycles. The maximum atomic E-state index is 14.4. The maximum Gasteiger partial charge on any atom is 0.255 e. The number of nitrogens with zero attached hydrogens (tertiary/aromatic N) is 2. The van der Waals surface area contributed by atoms with E-state index in [4.69, 9.17) is 0 Å². The minimum Gasteiger partial charge on any atom is -0.351 e. The van der Waals surface area contributed by atoms with Crippen LogP contribution in [0.4, 0.5) is 8.78 Å². The summed E-state index contributed by atoms with van der Waals surface area (Å²) in [6.07, 6.45) is 0.992. The van der Waals surface area contributed by atoms with E-state index in [1.165, 1.54) is 6.07 Å². The number of benzene rings is 2. The van der Waals surface area contributed by atoms with Gasteiger partial charge in [-0.15, -0.1) is 0 Å². The van der Waals surface area contributed by atoms with Crippen molar-refractivity contribution in [1.29, 1.82) is 0 Å². The highest BCUT2D eigenvalue weighted by Crippen LogP contribution is 2.33. The summed E-state index contributed by atoms with van der Waals surface area (Å²) in [6.45, 7) is 4.17. The van der Waals surface area contributed by atoms with E-state index in [-0.39, 0.29) is 47.6 Å². The molecule has 8 heteroatoms. The first-order valence-electron chi connectivity index (χ1n) is 10.7. The smallest absolute Gasteiger partial charge is 0.255 e. The largest absolute Gasteiger partial charge is 0.351 e. The Bertz CT molecular complexity index is 1270. The van der Waals surface area contributed by atoms with Crippen LogP contribution >= 0.6 is 0 Å². The van der Waals surface area contributed by atoms with Crippen molar-refractivity contribution in [1.82, 2.24) is 20.6 Å². The van der Waals surface area contributed by atoms with Gasteiger partial charge in [-0.1, -0.05) is 30.3 Å². The van der Waals surface area contributed by atoms with Crippen molar-refractivity contribution in [3.05, 3.63) is 82.2 Å². The molecule has 33 heavy (non-hydrogen) atoms. The number of aromatic nitrogens is 2. The Morgan fingerprint density at radius 2 is 1.70 bits per heavy atom. The third kappa shape index (κ3) is 3.86. The van der Waals surface area contributed by atoms with Gasteiger partial charge in [0, 0.05) is 12.0 Å². The number of carbonyl (C=O) groups excluding carboxylic acids is 2. The molecule has 0 aliphatic carbocycles. The van der Waals surface area contributed by atoms with Crippen LogP contribution in [0, 0.1) is 11.6 Å². The van der Waals surface area contributed by atoms with E-state index >= 15 is 0 Å². The number of hydrogen-bond donors (Lipinski definition) is 2. The lowest BCUT2D eigenvalue weighted by Crippen LogP contribution is -2.34. The topological polar surface area (TPSA) is 84.0 Å². The summed E-state index contributed by atoms with van der Waals surface area (Å²) in [6, 6.07) is 11.2. The number of amides is 2. The SMILES string of the molecule is CC1(C)C[C@H](c2ccc(Cc3nc(-c4c(F)cccc4F)nc4c3C(=O)NC4)cc2)C(=O)N1. The molecule has 6 nitrogen and oxygen atoms in total. The second-order valence-electron chi connectivity index (χ2n) is 9.14. The lowest BCUT2D eigenvalue weighted by molar-refractivity contribution is -0.120. The molecule has 2 aliphatic heterocycles. The molecule has 2 aliphatic rings.